The number of furan rings is 1. The van der Waals surface area contributed by atoms with Crippen molar-refractivity contribution in [1.29, 1.82) is 0 Å². The van der Waals surface area contributed by atoms with Crippen molar-refractivity contribution in [3.8, 4) is 0 Å². The molecule has 0 saturated carbocycles. The molecule has 0 unspecified atom stereocenters. The highest BCUT2D eigenvalue weighted by atomic mass is 16.3. The Morgan fingerprint density at radius 2 is 2.00 bits per heavy atom. The van der Waals surface area contributed by atoms with Crippen molar-refractivity contribution in [3.63, 3.8) is 0 Å². The van der Waals surface area contributed by atoms with Crippen LogP contribution in [-0.2, 0) is 13.1 Å². The molecule has 4 nitrogen and oxygen atoms in total. The molecule has 0 aromatic carbocycles. The van der Waals surface area contributed by atoms with Gasteiger partial charge in [0.25, 0.3) is 0 Å². The van der Waals surface area contributed by atoms with E-state index < -0.39 is 0 Å². The zero-order valence-corrected chi connectivity index (χ0v) is 11.1. The maximum absolute atomic E-state index is 5.65. The monoisotopic (exact) mass is 237 g/mol. The summed E-state index contributed by atoms with van der Waals surface area (Å²) >= 11 is 0. The molecule has 0 amide bonds. The quantitative estimate of drug-likeness (QED) is 0.860. The van der Waals surface area contributed by atoms with Crippen LogP contribution in [0, 0.1) is 0 Å². The van der Waals surface area contributed by atoms with Crippen LogP contribution in [0.5, 0.6) is 0 Å². The van der Waals surface area contributed by atoms with Gasteiger partial charge in [-0.3, -0.25) is 9.80 Å². The summed E-state index contributed by atoms with van der Waals surface area (Å²) < 4.78 is 5.65. The van der Waals surface area contributed by atoms with Crippen molar-refractivity contribution < 1.29 is 4.42 Å². The standard InChI is InChI=1S/C13H23N3O/c1-13(2)10-16(7-6-15(13)3)9-12-5-4-11(8-14)17-12/h4-5H,6-10,14H2,1-3H3. The molecule has 2 heterocycles. The predicted octanol–water partition coefficient (Wildman–Crippen LogP) is 1.26. The minimum Gasteiger partial charge on any atom is -0.463 e. The summed E-state index contributed by atoms with van der Waals surface area (Å²) in [5.74, 6) is 1.89. The normalized spacial score (nSPS) is 21.9. The molecule has 17 heavy (non-hydrogen) atoms. The van der Waals surface area contributed by atoms with Crippen molar-refractivity contribution in [2.24, 2.45) is 5.73 Å². The van der Waals surface area contributed by atoms with Gasteiger partial charge in [-0.15, -0.1) is 0 Å². The van der Waals surface area contributed by atoms with Crippen LogP contribution >= 0.6 is 0 Å². The molecule has 1 saturated heterocycles. The summed E-state index contributed by atoms with van der Waals surface area (Å²) in [5.41, 5.74) is 5.78. The zero-order valence-electron chi connectivity index (χ0n) is 11.1. The number of piperazine rings is 1. The largest absolute Gasteiger partial charge is 0.463 e. The maximum atomic E-state index is 5.65. The number of nitrogens with zero attached hydrogens (tertiary/aromatic N) is 2. The van der Waals surface area contributed by atoms with Crippen molar-refractivity contribution in [1.82, 2.24) is 9.80 Å². The molecule has 1 aromatic heterocycles. The first kappa shape index (κ1) is 12.6. The molecule has 2 rings (SSSR count). The van der Waals surface area contributed by atoms with Gasteiger partial charge in [-0.05, 0) is 33.0 Å². The molecular formula is C13H23N3O. The predicted molar refractivity (Wildman–Crippen MR) is 68.6 cm³/mol. The topological polar surface area (TPSA) is 45.6 Å². The second kappa shape index (κ2) is 4.80. The molecule has 1 aliphatic rings. The van der Waals surface area contributed by atoms with E-state index in [0.717, 1.165) is 37.7 Å². The van der Waals surface area contributed by atoms with Crippen molar-refractivity contribution in [2.75, 3.05) is 26.7 Å². The van der Waals surface area contributed by atoms with Gasteiger partial charge in [0, 0.05) is 25.2 Å². The van der Waals surface area contributed by atoms with E-state index in [2.05, 4.69) is 30.7 Å². The van der Waals surface area contributed by atoms with Crippen LogP contribution in [0.1, 0.15) is 25.4 Å². The molecule has 2 N–H and O–H groups in total. The fourth-order valence-corrected chi connectivity index (χ4v) is 2.31. The van der Waals surface area contributed by atoms with Crippen LogP contribution < -0.4 is 5.73 Å². The van der Waals surface area contributed by atoms with E-state index in [1.165, 1.54) is 0 Å². The van der Waals surface area contributed by atoms with Gasteiger partial charge in [-0.25, -0.2) is 0 Å². The van der Waals surface area contributed by atoms with Gasteiger partial charge in [0.15, 0.2) is 0 Å². The fourth-order valence-electron chi connectivity index (χ4n) is 2.31. The van der Waals surface area contributed by atoms with Gasteiger partial charge in [-0.1, -0.05) is 0 Å². The first-order valence-electron chi connectivity index (χ1n) is 6.22. The Bertz CT molecular complexity index is 372. The molecule has 0 bridgehead atoms. The highest BCUT2D eigenvalue weighted by molar-refractivity contribution is 5.07. The van der Waals surface area contributed by atoms with E-state index in [4.69, 9.17) is 10.2 Å². The lowest BCUT2D eigenvalue weighted by Gasteiger charge is -2.45. The third-order valence-electron chi connectivity index (χ3n) is 3.69. The second-order valence-corrected chi connectivity index (χ2v) is 5.52. The molecular weight excluding hydrogens is 214 g/mol. The van der Waals surface area contributed by atoms with E-state index in [0.29, 0.717) is 6.54 Å². The van der Waals surface area contributed by atoms with E-state index in [-0.39, 0.29) is 5.54 Å². The number of hydrogen-bond donors (Lipinski definition) is 1. The average Bonchev–Trinajstić information content (AvgIpc) is 2.71. The molecule has 0 atom stereocenters. The van der Waals surface area contributed by atoms with Crippen LogP contribution in [0.25, 0.3) is 0 Å². The summed E-state index contributed by atoms with van der Waals surface area (Å²) in [7, 11) is 2.19. The number of likely N-dealkylation sites (N-methyl/N-ethyl adjacent to an activating group) is 1. The van der Waals surface area contributed by atoms with Gasteiger partial charge in [0.1, 0.15) is 11.5 Å². The Morgan fingerprint density at radius 1 is 1.29 bits per heavy atom. The second-order valence-electron chi connectivity index (χ2n) is 5.52. The van der Waals surface area contributed by atoms with Crippen molar-refractivity contribution in [2.45, 2.75) is 32.5 Å². The van der Waals surface area contributed by atoms with Gasteiger partial charge < -0.3 is 10.2 Å². The van der Waals surface area contributed by atoms with Crippen LogP contribution in [0.4, 0.5) is 0 Å². The molecule has 1 fully saturated rings. The Balaban J connectivity index is 1.96. The first-order valence-corrected chi connectivity index (χ1v) is 6.22. The summed E-state index contributed by atoms with van der Waals surface area (Å²) in [6, 6.07) is 4.00. The maximum Gasteiger partial charge on any atom is 0.118 e. The van der Waals surface area contributed by atoms with Gasteiger partial charge in [0.2, 0.25) is 0 Å². The summed E-state index contributed by atoms with van der Waals surface area (Å²) in [6.45, 7) is 9.21. The summed E-state index contributed by atoms with van der Waals surface area (Å²) in [4.78, 5) is 4.86. The lowest BCUT2D eigenvalue weighted by molar-refractivity contribution is 0.0327. The Kier molecular flexibility index (Phi) is 3.56. The van der Waals surface area contributed by atoms with Crippen LogP contribution in [0.2, 0.25) is 0 Å². The zero-order chi connectivity index (χ0) is 12.5. The molecule has 4 heteroatoms. The fraction of sp³-hybridized carbons (Fsp3) is 0.692. The molecule has 0 aliphatic carbocycles. The number of nitrogens with two attached hydrogens (primary N) is 1. The van der Waals surface area contributed by atoms with E-state index in [1.54, 1.807) is 0 Å². The molecule has 1 aliphatic heterocycles. The van der Waals surface area contributed by atoms with Gasteiger partial charge >= 0.3 is 0 Å². The lowest BCUT2D eigenvalue weighted by Crippen LogP contribution is -2.57. The molecule has 0 radical (unpaired) electrons. The third kappa shape index (κ3) is 2.89. The summed E-state index contributed by atoms with van der Waals surface area (Å²) in [6.07, 6.45) is 0. The minimum atomic E-state index is 0.238. The highest BCUT2D eigenvalue weighted by Crippen LogP contribution is 2.20. The number of hydrogen-bond acceptors (Lipinski definition) is 4. The third-order valence-corrected chi connectivity index (χ3v) is 3.69. The number of rotatable bonds is 3. The van der Waals surface area contributed by atoms with Crippen LogP contribution in [0.15, 0.2) is 16.5 Å². The van der Waals surface area contributed by atoms with E-state index in [9.17, 15) is 0 Å². The smallest absolute Gasteiger partial charge is 0.118 e. The van der Waals surface area contributed by atoms with Gasteiger partial charge in [0.05, 0.1) is 13.1 Å². The van der Waals surface area contributed by atoms with Crippen LogP contribution in [0.3, 0.4) is 0 Å². The van der Waals surface area contributed by atoms with E-state index in [1.807, 2.05) is 12.1 Å². The Morgan fingerprint density at radius 3 is 2.59 bits per heavy atom. The Hall–Kier alpha value is -0.840. The summed E-state index contributed by atoms with van der Waals surface area (Å²) in [5, 5.41) is 0. The van der Waals surface area contributed by atoms with Gasteiger partial charge in [-0.2, -0.15) is 0 Å². The molecule has 96 valence electrons. The molecule has 1 aromatic rings. The first-order chi connectivity index (χ1) is 8.01. The SMILES string of the molecule is CN1CCN(Cc2ccc(CN)o2)CC1(C)C. The van der Waals surface area contributed by atoms with Crippen molar-refractivity contribution in [3.05, 3.63) is 23.7 Å². The van der Waals surface area contributed by atoms with Crippen molar-refractivity contribution >= 4 is 0 Å². The highest BCUT2D eigenvalue weighted by Gasteiger charge is 2.31. The average molecular weight is 237 g/mol. The Labute approximate surface area is 103 Å². The van der Waals surface area contributed by atoms with E-state index >= 15 is 0 Å². The molecule has 0 spiro atoms. The lowest BCUT2D eigenvalue weighted by atomic mass is 10.00. The minimum absolute atomic E-state index is 0.238. The van der Waals surface area contributed by atoms with Crippen LogP contribution in [-0.4, -0.2) is 42.0 Å².